The molecule has 2 rings (SSSR count). The van der Waals surface area contributed by atoms with Gasteiger partial charge in [0.05, 0.1) is 17.2 Å². The van der Waals surface area contributed by atoms with Crippen LogP contribution in [0.15, 0.2) is 47.4 Å². The van der Waals surface area contributed by atoms with Crippen LogP contribution >= 0.6 is 35.0 Å². The highest BCUT2D eigenvalue weighted by Crippen LogP contribution is 2.27. The van der Waals surface area contributed by atoms with Gasteiger partial charge in [-0.25, -0.2) is 0 Å². The van der Waals surface area contributed by atoms with E-state index in [-0.39, 0.29) is 6.04 Å². The maximum absolute atomic E-state index is 6.01. The van der Waals surface area contributed by atoms with Crippen LogP contribution in [0, 0.1) is 0 Å². The van der Waals surface area contributed by atoms with Crippen LogP contribution < -0.4 is 10.1 Å². The summed E-state index contributed by atoms with van der Waals surface area (Å²) in [4.78, 5) is 1.13. The molecule has 2 aromatic carbocycles. The highest BCUT2D eigenvalue weighted by molar-refractivity contribution is 7.99. The molecular weight excluding hydrogens is 337 g/mol. The Morgan fingerprint density at radius 3 is 2.68 bits per heavy atom. The van der Waals surface area contributed by atoms with E-state index in [1.54, 1.807) is 18.9 Å². The Hall–Kier alpha value is -0.870. The third-order valence-electron chi connectivity index (χ3n) is 3.31. The Bertz CT molecular complexity index is 621. The van der Waals surface area contributed by atoms with Crippen LogP contribution in [0.25, 0.3) is 0 Å². The van der Waals surface area contributed by atoms with Crippen molar-refractivity contribution in [1.29, 1.82) is 0 Å². The van der Waals surface area contributed by atoms with Crippen molar-refractivity contribution in [3.05, 3.63) is 58.1 Å². The van der Waals surface area contributed by atoms with Gasteiger partial charge in [-0.3, -0.25) is 0 Å². The molecule has 0 bridgehead atoms. The Morgan fingerprint density at radius 1 is 1.14 bits per heavy atom. The van der Waals surface area contributed by atoms with Gasteiger partial charge in [-0.1, -0.05) is 35.3 Å². The average Bonchev–Trinajstić information content (AvgIpc) is 2.54. The molecule has 1 atom stereocenters. The molecule has 1 unspecified atom stereocenters. The average molecular weight is 356 g/mol. The van der Waals surface area contributed by atoms with E-state index in [1.807, 2.05) is 30.3 Å². The van der Waals surface area contributed by atoms with Gasteiger partial charge < -0.3 is 10.1 Å². The molecule has 0 aromatic heterocycles. The lowest BCUT2D eigenvalue weighted by atomic mass is 10.1. The van der Waals surface area contributed by atoms with Crippen LogP contribution in [-0.2, 0) is 0 Å². The predicted octanol–water partition coefficient (Wildman–Crippen LogP) is 5.44. The molecule has 0 heterocycles. The Balaban J connectivity index is 1.79. The summed E-state index contributed by atoms with van der Waals surface area (Å²) >= 11 is 13.7. The zero-order valence-electron chi connectivity index (χ0n) is 12.6. The first-order valence-corrected chi connectivity index (χ1v) is 8.79. The Kier molecular flexibility index (Phi) is 6.90. The number of rotatable bonds is 7. The van der Waals surface area contributed by atoms with Gasteiger partial charge in [0.2, 0.25) is 0 Å². The standard InChI is InChI=1S/C17H19Cl2NOS/c1-12(13-4-3-5-14(10-13)21-2)20-8-9-22-15-6-7-16(18)17(19)11-15/h3-7,10-12,20H,8-9H2,1-2H3. The fourth-order valence-electron chi connectivity index (χ4n) is 2.04. The van der Waals surface area contributed by atoms with Gasteiger partial charge in [-0.05, 0) is 42.8 Å². The maximum Gasteiger partial charge on any atom is 0.119 e. The minimum absolute atomic E-state index is 0.282. The van der Waals surface area contributed by atoms with Gasteiger partial charge in [-0.2, -0.15) is 0 Å². The molecule has 0 saturated carbocycles. The number of methoxy groups -OCH3 is 1. The quantitative estimate of drug-likeness (QED) is 0.527. The zero-order valence-corrected chi connectivity index (χ0v) is 14.9. The molecule has 1 N–H and O–H groups in total. The number of hydrogen-bond acceptors (Lipinski definition) is 3. The maximum atomic E-state index is 6.01. The highest BCUT2D eigenvalue weighted by atomic mass is 35.5. The van der Waals surface area contributed by atoms with Gasteiger partial charge in [0.1, 0.15) is 5.75 Å². The van der Waals surface area contributed by atoms with Crippen molar-refractivity contribution in [1.82, 2.24) is 5.32 Å². The van der Waals surface area contributed by atoms with Crippen molar-refractivity contribution in [2.45, 2.75) is 17.9 Å². The van der Waals surface area contributed by atoms with Crippen molar-refractivity contribution in [3.8, 4) is 5.75 Å². The molecule has 0 fully saturated rings. The van der Waals surface area contributed by atoms with Crippen molar-refractivity contribution in [2.24, 2.45) is 0 Å². The molecule has 0 saturated heterocycles. The second-order valence-corrected chi connectivity index (χ2v) is 6.86. The molecule has 0 aliphatic heterocycles. The van der Waals surface area contributed by atoms with Crippen LogP contribution in [-0.4, -0.2) is 19.4 Å². The van der Waals surface area contributed by atoms with E-state index in [2.05, 4.69) is 24.4 Å². The third-order valence-corrected chi connectivity index (χ3v) is 5.04. The molecule has 5 heteroatoms. The lowest BCUT2D eigenvalue weighted by Crippen LogP contribution is -2.21. The molecule has 22 heavy (non-hydrogen) atoms. The minimum atomic E-state index is 0.282. The van der Waals surface area contributed by atoms with Crippen LogP contribution in [0.2, 0.25) is 10.0 Å². The largest absolute Gasteiger partial charge is 0.497 e. The van der Waals surface area contributed by atoms with E-state index in [4.69, 9.17) is 27.9 Å². The molecule has 0 radical (unpaired) electrons. The monoisotopic (exact) mass is 355 g/mol. The summed E-state index contributed by atoms with van der Waals surface area (Å²) in [6.07, 6.45) is 0. The van der Waals surface area contributed by atoms with Crippen LogP contribution in [0.1, 0.15) is 18.5 Å². The topological polar surface area (TPSA) is 21.3 Å². The highest BCUT2D eigenvalue weighted by Gasteiger charge is 2.06. The van der Waals surface area contributed by atoms with Gasteiger partial charge in [0.25, 0.3) is 0 Å². The summed E-state index contributed by atoms with van der Waals surface area (Å²) in [5.41, 5.74) is 1.22. The van der Waals surface area contributed by atoms with Crippen LogP contribution in [0.5, 0.6) is 5.75 Å². The van der Waals surface area contributed by atoms with E-state index < -0.39 is 0 Å². The van der Waals surface area contributed by atoms with Crippen molar-refractivity contribution >= 4 is 35.0 Å². The van der Waals surface area contributed by atoms with Gasteiger partial charge in [0, 0.05) is 23.2 Å². The molecule has 0 aliphatic carbocycles. The lowest BCUT2D eigenvalue weighted by Gasteiger charge is -2.15. The number of hydrogen-bond donors (Lipinski definition) is 1. The first kappa shape index (κ1) is 17.5. The number of thioether (sulfide) groups is 1. The SMILES string of the molecule is COc1cccc(C(C)NCCSc2ccc(Cl)c(Cl)c2)c1. The zero-order chi connectivity index (χ0) is 15.9. The number of benzene rings is 2. The number of halogens is 2. The van der Waals surface area contributed by atoms with E-state index >= 15 is 0 Å². The Morgan fingerprint density at radius 2 is 1.95 bits per heavy atom. The van der Waals surface area contributed by atoms with Gasteiger partial charge in [0.15, 0.2) is 0 Å². The van der Waals surface area contributed by atoms with Gasteiger partial charge in [-0.15, -0.1) is 11.8 Å². The summed E-state index contributed by atoms with van der Waals surface area (Å²) < 4.78 is 5.25. The number of ether oxygens (including phenoxy) is 1. The summed E-state index contributed by atoms with van der Waals surface area (Å²) in [6.45, 7) is 3.06. The lowest BCUT2D eigenvalue weighted by molar-refractivity contribution is 0.413. The van der Waals surface area contributed by atoms with E-state index in [1.165, 1.54) is 5.56 Å². The first-order chi connectivity index (χ1) is 10.6. The fraction of sp³-hybridized carbons (Fsp3) is 0.294. The van der Waals surface area contributed by atoms with E-state index in [9.17, 15) is 0 Å². The fourth-order valence-corrected chi connectivity index (χ4v) is 3.22. The van der Waals surface area contributed by atoms with E-state index in [0.717, 1.165) is 22.9 Å². The first-order valence-electron chi connectivity index (χ1n) is 7.05. The second kappa shape index (κ2) is 8.68. The van der Waals surface area contributed by atoms with E-state index in [0.29, 0.717) is 10.0 Å². The minimum Gasteiger partial charge on any atom is -0.497 e. The smallest absolute Gasteiger partial charge is 0.119 e. The van der Waals surface area contributed by atoms with Gasteiger partial charge >= 0.3 is 0 Å². The predicted molar refractivity (Wildman–Crippen MR) is 96.6 cm³/mol. The normalized spacial score (nSPS) is 12.2. The van der Waals surface area contributed by atoms with Crippen LogP contribution in [0.3, 0.4) is 0 Å². The molecule has 0 aliphatic rings. The van der Waals surface area contributed by atoms with Crippen molar-refractivity contribution in [3.63, 3.8) is 0 Å². The molecule has 2 aromatic rings. The molecule has 118 valence electrons. The summed E-state index contributed by atoms with van der Waals surface area (Å²) in [5.74, 6) is 1.85. The third kappa shape index (κ3) is 5.10. The molecule has 0 spiro atoms. The molecule has 0 amide bonds. The molecule has 2 nitrogen and oxygen atoms in total. The summed E-state index contributed by atoms with van der Waals surface area (Å²) in [6, 6.07) is 14.1. The Labute approximate surface area is 146 Å². The summed E-state index contributed by atoms with van der Waals surface area (Å²) in [7, 11) is 1.69. The molecular formula is C17H19Cl2NOS. The van der Waals surface area contributed by atoms with Crippen molar-refractivity contribution < 1.29 is 4.74 Å². The van der Waals surface area contributed by atoms with Crippen LogP contribution in [0.4, 0.5) is 0 Å². The van der Waals surface area contributed by atoms with Crippen molar-refractivity contribution in [2.75, 3.05) is 19.4 Å². The summed E-state index contributed by atoms with van der Waals surface area (Å²) in [5, 5.41) is 4.71. The second-order valence-electron chi connectivity index (χ2n) is 4.88. The number of nitrogens with one attached hydrogen (secondary N) is 1.